The molecule has 2 aromatic carbocycles. The van der Waals surface area contributed by atoms with Gasteiger partial charge in [-0.05, 0) is 54.9 Å². The van der Waals surface area contributed by atoms with Crippen molar-refractivity contribution in [1.29, 1.82) is 0 Å². The third-order valence-electron chi connectivity index (χ3n) is 6.92. The Labute approximate surface area is 230 Å². The summed E-state index contributed by atoms with van der Waals surface area (Å²) >= 11 is 0. The number of hydrogen-bond donors (Lipinski definition) is 2. The molecule has 0 aliphatic rings. The maximum Gasteiger partial charge on any atom is 0.352 e. The summed E-state index contributed by atoms with van der Waals surface area (Å²) in [5, 5.41) is 12.9. The molecule has 0 spiro atoms. The molecule has 0 aliphatic heterocycles. The quantitative estimate of drug-likeness (QED) is 0.167. The fourth-order valence-electron chi connectivity index (χ4n) is 3.77. The van der Waals surface area contributed by atoms with Crippen molar-refractivity contribution in [2.24, 2.45) is 0 Å². The Morgan fingerprint density at radius 1 is 1.10 bits per heavy atom. The van der Waals surface area contributed by atoms with Crippen LogP contribution >= 0.6 is 0 Å². The minimum atomic E-state index is -2.02. The van der Waals surface area contributed by atoms with Crippen LogP contribution in [0.2, 0.25) is 18.1 Å². The third-order valence-corrected chi connectivity index (χ3v) is 11.3. The number of nitrogens with zero attached hydrogens (tertiary/aromatic N) is 2. The SMILES string of the molecule is Cc1cccc(Cc2nc(-c3cccc(O[Si](C)(C)C(C)(C)C)c3)cnc2NC(=Cc2ccco2)C(=O)O)c1. The fourth-order valence-corrected chi connectivity index (χ4v) is 4.79. The molecule has 4 rings (SSSR count). The van der Waals surface area contributed by atoms with Gasteiger partial charge < -0.3 is 19.3 Å². The molecule has 0 fully saturated rings. The fraction of sp³-hybridized carbons (Fsp3) is 0.258. The molecule has 0 amide bonds. The molecule has 0 saturated carbocycles. The van der Waals surface area contributed by atoms with Crippen LogP contribution in [0.1, 0.15) is 43.4 Å². The van der Waals surface area contributed by atoms with Crippen LogP contribution in [-0.4, -0.2) is 29.4 Å². The number of nitrogens with one attached hydrogen (secondary N) is 1. The van der Waals surface area contributed by atoms with E-state index in [1.165, 1.54) is 12.3 Å². The van der Waals surface area contributed by atoms with Gasteiger partial charge in [0.2, 0.25) is 8.32 Å². The topological polar surface area (TPSA) is 97.5 Å². The predicted octanol–water partition coefficient (Wildman–Crippen LogP) is 7.56. The van der Waals surface area contributed by atoms with Gasteiger partial charge in [0.25, 0.3) is 0 Å². The third kappa shape index (κ3) is 7.03. The summed E-state index contributed by atoms with van der Waals surface area (Å²) in [5.74, 6) is 0.463. The summed E-state index contributed by atoms with van der Waals surface area (Å²) in [4.78, 5) is 21.6. The number of furan rings is 1. The first-order valence-corrected chi connectivity index (χ1v) is 15.8. The van der Waals surface area contributed by atoms with Gasteiger partial charge in [-0.15, -0.1) is 0 Å². The minimum Gasteiger partial charge on any atom is -0.543 e. The Morgan fingerprint density at radius 2 is 1.87 bits per heavy atom. The average Bonchev–Trinajstić information content (AvgIpc) is 3.37. The van der Waals surface area contributed by atoms with E-state index in [2.05, 4.69) is 50.2 Å². The van der Waals surface area contributed by atoms with Gasteiger partial charge in [0.05, 0.1) is 23.8 Å². The molecule has 4 aromatic rings. The lowest BCUT2D eigenvalue weighted by Crippen LogP contribution is -2.43. The van der Waals surface area contributed by atoms with Crippen molar-refractivity contribution < 1.29 is 18.7 Å². The predicted molar refractivity (Wildman–Crippen MR) is 157 cm³/mol. The monoisotopic (exact) mass is 541 g/mol. The van der Waals surface area contributed by atoms with E-state index >= 15 is 0 Å². The van der Waals surface area contributed by atoms with Gasteiger partial charge >= 0.3 is 5.97 Å². The van der Waals surface area contributed by atoms with E-state index < -0.39 is 14.3 Å². The molecule has 202 valence electrons. The number of hydrogen-bond acceptors (Lipinski definition) is 6. The maximum absolute atomic E-state index is 12.0. The van der Waals surface area contributed by atoms with Crippen LogP contribution in [0.4, 0.5) is 5.82 Å². The Balaban J connectivity index is 1.72. The van der Waals surface area contributed by atoms with E-state index in [-0.39, 0.29) is 10.7 Å². The highest BCUT2D eigenvalue weighted by Gasteiger charge is 2.39. The van der Waals surface area contributed by atoms with Crippen molar-refractivity contribution in [2.45, 2.75) is 52.2 Å². The van der Waals surface area contributed by atoms with Crippen LogP contribution in [0.25, 0.3) is 17.3 Å². The van der Waals surface area contributed by atoms with Crippen LogP contribution in [-0.2, 0) is 11.2 Å². The van der Waals surface area contributed by atoms with Crippen LogP contribution in [0.3, 0.4) is 0 Å². The van der Waals surface area contributed by atoms with Crippen molar-refractivity contribution in [3.63, 3.8) is 0 Å². The molecule has 0 radical (unpaired) electrons. The first kappa shape index (κ1) is 27.9. The van der Waals surface area contributed by atoms with Gasteiger partial charge in [0, 0.05) is 18.1 Å². The van der Waals surface area contributed by atoms with Gasteiger partial charge in [-0.3, -0.25) is 0 Å². The molecule has 2 heterocycles. The number of aryl methyl sites for hydroxylation is 1. The van der Waals surface area contributed by atoms with E-state index in [0.717, 1.165) is 22.4 Å². The van der Waals surface area contributed by atoms with Crippen molar-refractivity contribution in [1.82, 2.24) is 9.97 Å². The van der Waals surface area contributed by atoms with Crippen LogP contribution < -0.4 is 9.74 Å². The van der Waals surface area contributed by atoms with E-state index in [0.29, 0.717) is 29.4 Å². The smallest absolute Gasteiger partial charge is 0.352 e. The Morgan fingerprint density at radius 3 is 2.54 bits per heavy atom. The minimum absolute atomic E-state index is 0.0674. The largest absolute Gasteiger partial charge is 0.543 e. The van der Waals surface area contributed by atoms with Gasteiger partial charge in [-0.25, -0.2) is 14.8 Å². The standard InChI is InChI=1S/C31H35N3O4Si/c1-21-10-7-11-22(16-21)17-26-29(34-27(30(35)36)19-24-14-9-15-37-24)32-20-28(33-26)23-12-8-13-25(18-23)38-39(5,6)31(2,3)4/h7-16,18-20H,17H2,1-6H3,(H,32,34)(H,35,36). The zero-order chi connectivity index (χ0) is 28.2. The number of aliphatic carboxylic acids is 1. The lowest BCUT2D eigenvalue weighted by atomic mass is 10.1. The molecule has 2 N–H and O–H groups in total. The molecular weight excluding hydrogens is 506 g/mol. The first-order valence-electron chi connectivity index (χ1n) is 12.9. The number of carbonyl (C=O) groups is 1. The number of aromatic nitrogens is 2. The summed E-state index contributed by atoms with van der Waals surface area (Å²) < 4.78 is 11.8. The first-order chi connectivity index (χ1) is 18.4. The molecule has 0 atom stereocenters. The normalized spacial score (nSPS) is 12.3. The summed E-state index contributed by atoms with van der Waals surface area (Å²) in [7, 11) is -2.02. The molecule has 7 nitrogen and oxygen atoms in total. The number of benzene rings is 2. The number of rotatable bonds is 9. The Kier molecular flexibility index (Phi) is 8.06. The number of carboxylic acid groups (broad SMARTS) is 1. The second kappa shape index (κ2) is 11.3. The van der Waals surface area contributed by atoms with E-state index in [1.54, 1.807) is 18.3 Å². The van der Waals surface area contributed by atoms with E-state index in [9.17, 15) is 9.90 Å². The molecule has 0 unspecified atom stereocenters. The van der Waals surface area contributed by atoms with Crippen molar-refractivity contribution in [3.8, 4) is 17.0 Å². The van der Waals surface area contributed by atoms with Crippen molar-refractivity contribution in [2.75, 3.05) is 5.32 Å². The van der Waals surface area contributed by atoms with Crippen molar-refractivity contribution >= 4 is 26.2 Å². The summed E-state index contributed by atoms with van der Waals surface area (Å²) in [5.41, 5.74) is 4.29. The molecule has 0 bridgehead atoms. The summed E-state index contributed by atoms with van der Waals surface area (Å²) in [6.07, 6.45) is 5.04. The second-order valence-electron chi connectivity index (χ2n) is 11.1. The molecule has 2 aromatic heterocycles. The Bertz CT molecular complexity index is 1490. The number of carboxylic acids is 1. The van der Waals surface area contributed by atoms with Gasteiger partial charge in [-0.1, -0.05) is 62.7 Å². The van der Waals surface area contributed by atoms with Gasteiger partial charge in [-0.2, -0.15) is 0 Å². The highest BCUT2D eigenvalue weighted by molar-refractivity contribution is 6.74. The lowest BCUT2D eigenvalue weighted by molar-refractivity contribution is -0.132. The van der Waals surface area contributed by atoms with Gasteiger partial charge in [0.15, 0.2) is 5.82 Å². The van der Waals surface area contributed by atoms with E-state index in [1.807, 2.05) is 49.4 Å². The number of anilines is 1. The Hall–Kier alpha value is -4.17. The zero-order valence-corrected chi connectivity index (χ0v) is 24.3. The van der Waals surface area contributed by atoms with E-state index in [4.69, 9.17) is 13.8 Å². The maximum atomic E-state index is 12.0. The van der Waals surface area contributed by atoms with Crippen LogP contribution in [0, 0.1) is 6.92 Å². The molecular formula is C31H35N3O4Si. The van der Waals surface area contributed by atoms with Crippen molar-refractivity contribution in [3.05, 3.63) is 101 Å². The van der Waals surface area contributed by atoms with Crippen LogP contribution in [0.5, 0.6) is 5.75 Å². The van der Waals surface area contributed by atoms with Gasteiger partial charge in [0.1, 0.15) is 17.2 Å². The molecule has 8 heteroatoms. The second-order valence-corrected chi connectivity index (χ2v) is 15.8. The highest BCUT2D eigenvalue weighted by atomic mass is 28.4. The zero-order valence-electron chi connectivity index (χ0n) is 23.3. The highest BCUT2D eigenvalue weighted by Crippen LogP contribution is 2.38. The molecule has 0 aliphatic carbocycles. The molecule has 0 saturated heterocycles. The van der Waals surface area contributed by atoms with Crippen LogP contribution in [0.15, 0.2) is 83.2 Å². The lowest BCUT2D eigenvalue weighted by Gasteiger charge is -2.36. The average molecular weight is 542 g/mol. The summed E-state index contributed by atoms with van der Waals surface area (Å²) in [6, 6.07) is 19.4. The summed E-state index contributed by atoms with van der Waals surface area (Å²) in [6.45, 7) is 13.1. The molecule has 39 heavy (non-hydrogen) atoms.